The molecule has 23 heavy (non-hydrogen) atoms. The summed E-state index contributed by atoms with van der Waals surface area (Å²) < 4.78 is 6.21. The fourth-order valence-corrected chi connectivity index (χ4v) is 2.85. The van der Waals surface area contributed by atoms with Gasteiger partial charge in [0.15, 0.2) is 0 Å². The first-order valence-corrected chi connectivity index (χ1v) is 7.97. The highest BCUT2D eigenvalue weighted by molar-refractivity contribution is 5.74. The normalized spacial score (nSPS) is 15.7. The molecule has 1 aromatic carbocycles. The molecule has 1 unspecified atom stereocenters. The number of benzene rings is 1. The number of ether oxygens (including phenoxy) is 1. The van der Waals surface area contributed by atoms with E-state index < -0.39 is 6.23 Å². The first-order valence-electron chi connectivity index (χ1n) is 7.97. The van der Waals surface area contributed by atoms with E-state index in [1.807, 2.05) is 44.2 Å². The second-order valence-corrected chi connectivity index (χ2v) is 5.42. The highest BCUT2D eigenvalue weighted by Gasteiger charge is 2.31. The minimum atomic E-state index is -0.522. The van der Waals surface area contributed by atoms with E-state index in [0.29, 0.717) is 13.1 Å². The van der Waals surface area contributed by atoms with E-state index in [4.69, 9.17) is 4.74 Å². The molecule has 2 amide bonds. The maximum Gasteiger partial charge on any atom is 0.320 e. The molecular formula is C18H21N3O2. The van der Waals surface area contributed by atoms with Gasteiger partial charge in [-0.1, -0.05) is 24.3 Å². The summed E-state index contributed by atoms with van der Waals surface area (Å²) in [7, 11) is 0. The lowest BCUT2D eigenvalue weighted by Crippen LogP contribution is -2.44. The van der Waals surface area contributed by atoms with Crippen molar-refractivity contribution in [2.24, 2.45) is 0 Å². The topological polar surface area (TPSA) is 54.5 Å². The average molecular weight is 311 g/mol. The number of carbonyl (C=O) groups excluding carboxylic acids is 1. The van der Waals surface area contributed by atoms with Gasteiger partial charge in [-0.2, -0.15) is 0 Å². The number of aromatic nitrogens is 1. The van der Waals surface area contributed by atoms with Crippen LogP contribution >= 0.6 is 0 Å². The van der Waals surface area contributed by atoms with Gasteiger partial charge in [-0.15, -0.1) is 0 Å². The molecule has 0 fully saturated rings. The van der Waals surface area contributed by atoms with Crippen LogP contribution in [0.4, 0.5) is 4.79 Å². The number of urea groups is 1. The van der Waals surface area contributed by atoms with Crippen LogP contribution < -0.4 is 10.1 Å². The Balaban J connectivity index is 2.06. The molecule has 0 radical (unpaired) electrons. The minimum Gasteiger partial charge on any atom is -0.464 e. The summed E-state index contributed by atoms with van der Waals surface area (Å²) in [6.45, 7) is 4.96. The van der Waals surface area contributed by atoms with Crippen molar-refractivity contribution in [1.82, 2.24) is 15.2 Å². The highest BCUT2D eigenvalue weighted by Crippen LogP contribution is 2.34. The number of rotatable bonds is 3. The number of nitrogens with one attached hydrogen (secondary N) is 1. The molecule has 2 aromatic rings. The Morgan fingerprint density at radius 3 is 2.83 bits per heavy atom. The van der Waals surface area contributed by atoms with Crippen LogP contribution in [0, 0.1) is 0 Å². The maximum absolute atomic E-state index is 12.4. The van der Waals surface area contributed by atoms with Crippen molar-refractivity contribution >= 4 is 6.03 Å². The lowest BCUT2D eigenvalue weighted by molar-refractivity contribution is 0.0511. The van der Waals surface area contributed by atoms with E-state index in [-0.39, 0.29) is 6.03 Å². The Bertz CT molecular complexity index is 702. The molecule has 1 aliphatic rings. The summed E-state index contributed by atoms with van der Waals surface area (Å²) in [6.07, 6.45) is 1.98. The van der Waals surface area contributed by atoms with Crippen LogP contribution in [0.2, 0.25) is 0 Å². The summed E-state index contributed by atoms with van der Waals surface area (Å²) in [4.78, 5) is 18.6. The largest absolute Gasteiger partial charge is 0.464 e. The minimum absolute atomic E-state index is 0.143. The zero-order chi connectivity index (χ0) is 16.2. The zero-order valence-corrected chi connectivity index (χ0v) is 13.5. The number of para-hydroxylation sites is 1. The number of nitrogens with zero attached hydrogens (tertiary/aromatic N) is 2. The van der Waals surface area contributed by atoms with E-state index in [0.717, 1.165) is 29.0 Å². The van der Waals surface area contributed by atoms with Crippen LogP contribution in [0.1, 0.15) is 36.9 Å². The van der Waals surface area contributed by atoms with Crippen molar-refractivity contribution in [3.8, 4) is 5.75 Å². The summed E-state index contributed by atoms with van der Waals surface area (Å²) in [6, 6.07) is 11.8. The molecule has 5 heteroatoms. The fourth-order valence-electron chi connectivity index (χ4n) is 2.85. The van der Waals surface area contributed by atoms with Crippen LogP contribution in [-0.2, 0) is 6.42 Å². The van der Waals surface area contributed by atoms with Gasteiger partial charge in [0.2, 0.25) is 6.23 Å². The van der Waals surface area contributed by atoms with Gasteiger partial charge in [0.05, 0.1) is 0 Å². The van der Waals surface area contributed by atoms with Gasteiger partial charge in [0, 0.05) is 25.7 Å². The smallest absolute Gasteiger partial charge is 0.320 e. The van der Waals surface area contributed by atoms with Crippen LogP contribution in [0.25, 0.3) is 0 Å². The zero-order valence-electron chi connectivity index (χ0n) is 13.5. The number of hydrogen-bond donors (Lipinski definition) is 1. The molecule has 5 nitrogen and oxygen atoms in total. The predicted octanol–water partition coefficient (Wildman–Crippen LogP) is 3.11. The molecule has 1 N–H and O–H groups in total. The van der Waals surface area contributed by atoms with Crippen LogP contribution in [0.5, 0.6) is 5.75 Å². The number of amides is 2. The molecule has 120 valence electrons. The average Bonchev–Trinajstić information content (AvgIpc) is 2.73. The molecule has 1 aromatic heterocycles. The number of hydrogen-bond acceptors (Lipinski definition) is 3. The quantitative estimate of drug-likeness (QED) is 0.947. The Kier molecular flexibility index (Phi) is 4.46. The van der Waals surface area contributed by atoms with E-state index in [9.17, 15) is 4.79 Å². The third kappa shape index (κ3) is 2.99. The third-order valence-corrected chi connectivity index (χ3v) is 3.96. The van der Waals surface area contributed by atoms with Crippen molar-refractivity contribution in [3.63, 3.8) is 0 Å². The standard InChI is InChI=1S/C18H21N3O2/c1-3-19-18(22)21(4-2)17-16-14(9-7-11-20-16)12-13-8-5-6-10-15(13)23-17/h5-11,17H,3-4,12H2,1-2H3,(H,19,22). The van der Waals surface area contributed by atoms with Crippen LogP contribution in [0.15, 0.2) is 42.6 Å². The van der Waals surface area contributed by atoms with Gasteiger partial charge in [-0.05, 0) is 37.1 Å². The van der Waals surface area contributed by atoms with Gasteiger partial charge in [-0.25, -0.2) is 4.79 Å². The molecule has 1 atom stereocenters. The van der Waals surface area contributed by atoms with E-state index >= 15 is 0 Å². The predicted molar refractivity (Wildman–Crippen MR) is 88.3 cm³/mol. The summed E-state index contributed by atoms with van der Waals surface area (Å²) >= 11 is 0. The lowest BCUT2D eigenvalue weighted by atomic mass is 10.0. The van der Waals surface area contributed by atoms with E-state index in [2.05, 4.69) is 16.4 Å². The maximum atomic E-state index is 12.4. The summed E-state index contributed by atoms with van der Waals surface area (Å²) in [5.74, 6) is 0.804. The molecule has 0 spiro atoms. The number of carbonyl (C=O) groups is 1. The Labute approximate surface area is 136 Å². The van der Waals surface area contributed by atoms with Crippen molar-refractivity contribution in [2.45, 2.75) is 26.5 Å². The van der Waals surface area contributed by atoms with Crippen molar-refractivity contribution in [1.29, 1.82) is 0 Å². The Morgan fingerprint density at radius 1 is 1.26 bits per heavy atom. The molecule has 3 rings (SSSR count). The van der Waals surface area contributed by atoms with Gasteiger partial charge < -0.3 is 10.1 Å². The fraction of sp³-hybridized carbons (Fsp3) is 0.333. The molecule has 1 aliphatic heterocycles. The molecule has 0 saturated heterocycles. The Hall–Kier alpha value is -2.56. The molecule has 0 saturated carbocycles. The van der Waals surface area contributed by atoms with Crippen molar-refractivity contribution < 1.29 is 9.53 Å². The van der Waals surface area contributed by atoms with E-state index in [1.165, 1.54) is 0 Å². The van der Waals surface area contributed by atoms with Gasteiger partial charge in [-0.3, -0.25) is 9.88 Å². The van der Waals surface area contributed by atoms with Crippen LogP contribution in [-0.4, -0.2) is 29.0 Å². The SMILES string of the molecule is CCNC(=O)N(CC)C1Oc2ccccc2Cc2cccnc21. The second-order valence-electron chi connectivity index (χ2n) is 5.42. The van der Waals surface area contributed by atoms with Gasteiger partial charge in [0.25, 0.3) is 0 Å². The third-order valence-electron chi connectivity index (χ3n) is 3.96. The second kappa shape index (κ2) is 6.69. The molecule has 0 aliphatic carbocycles. The summed E-state index contributed by atoms with van der Waals surface area (Å²) in [5.41, 5.74) is 3.00. The molecule has 0 bridgehead atoms. The molecule has 2 heterocycles. The number of fused-ring (bicyclic) bond motifs is 2. The van der Waals surface area contributed by atoms with Gasteiger partial charge in [0.1, 0.15) is 11.4 Å². The lowest BCUT2D eigenvalue weighted by Gasteiger charge is -2.30. The monoisotopic (exact) mass is 311 g/mol. The first kappa shape index (κ1) is 15.3. The van der Waals surface area contributed by atoms with Crippen molar-refractivity contribution in [3.05, 3.63) is 59.4 Å². The Morgan fingerprint density at radius 2 is 2.04 bits per heavy atom. The first-order chi connectivity index (χ1) is 11.2. The number of pyridine rings is 1. The summed E-state index contributed by atoms with van der Waals surface area (Å²) in [5, 5.41) is 2.85. The van der Waals surface area contributed by atoms with E-state index in [1.54, 1.807) is 11.1 Å². The van der Waals surface area contributed by atoms with Crippen molar-refractivity contribution in [2.75, 3.05) is 13.1 Å². The van der Waals surface area contributed by atoms with Crippen LogP contribution in [0.3, 0.4) is 0 Å². The van der Waals surface area contributed by atoms with Gasteiger partial charge >= 0.3 is 6.03 Å². The highest BCUT2D eigenvalue weighted by atomic mass is 16.5. The molecular weight excluding hydrogens is 290 g/mol.